The van der Waals surface area contributed by atoms with Crippen molar-refractivity contribution in [1.82, 2.24) is 15.1 Å². The molecule has 8 nitrogen and oxygen atoms in total. The summed E-state index contributed by atoms with van der Waals surface area (Å²) in [5, 5.41) is 18.2. The predicted octanol–water partition coefficient (Wildman–Crippen LogP) is 2.95. The van der Waals surface area contributed by atoms with E-state index in [1.165, 1.54) is 6.07 Å². The number of aromatic nitrogens is 3. The van der Waals surface area contributed by atoms with Crippen LogP contribution in [0.25, 0.3) is 0 Å². The van der Waals surface area contributed by atoms with Gasteiger partial charge in [-0.2, -0.15) is 5.26 Å². The number of hydrogen-bond acceptors (Lipinski definition) is 7. The summed E-state index contributed by atoms with van der Waals surface area (Å²) < 4.78 is 4.91. The van der Waals surface area contributed by atoms with Gasteiger partial charge in [0.2, 0.25) is 0 Å². The number of nitrogens with one attached hydrogen (secondary N) is 2. The fraction of sp³-hybridized carbons (Fsp3) is 0.118. The number of hydrogen-bond donors (Lipinski definition) is 2. The summed E-state index contributed by atoms with van der Waals surface area (Å²) in [6.45, 7) is 3.43. The van der Waals surface area contributed by atoms with E-state index in [1.54, 1.807) is 44.2 Å². The maximum absolute atomic E-state index is 12.3. The van der Waals surface area contributed by atoms with Crippen LogP contribution in [0.15, 0.2) is 40.9 Å². The molecular formula is C17H14N6O2. The highest BCUT2D eigenvalue weighted by atomic mass is 16.5. The second-order valence-electron chi connectivity index (χ2n) is 5.28. The third-order valence-electron chi connectivity index (χ3n) is 3.23. The zero-order chi connectivity index (χ0) is 17.8. The Balaban J connectivity index is 1.79. The van der Waals surface area contributed by atoms with Crippen molar-refractivity contribution < 1.29 is 9.32 Å². The maximum Gasteiger partial charge on any atom is 0.275 e. The van der Waals surface area contributed by atoms with E-state index in [2.05, 4.69) is 31.8 Å². The molecule has 1 amide bonds. The summed E-state index contributed by atoms with van der Waals surface area (Å²) in [5.41, 5.74) is 1.51. The number of carbonyl (C=O) groups excluding carboxylic acids is 1. The van der Waals surface area contributed by atoms with Crippen LogP contribution < -0.4 is 10.6 Å². The first kappa shape index (κ1) is 16.1. The first-order valence-corrected chi connectivity index (χ1v) is 7.41. The Morgan fingerprint density at radius 2 is 1.88 bits per heavy atom. The van der Waals surface area contributed by atoms with Crippen molar-refractivity contribution in [3.63, 3.8) is 0 Å². The van der Waals surface area contributed by atoms with E-state index in [0.29, 0.717) is 28.8 Å². The lowest BCUT2D eigenvalue weighted by Crippen LogP contribution is -2.15. The largest absolute Gasteiger partial charge is 0.360 e. The standard InChI is InChI=1S/C17H14N6O2/c1-10-7-16(23-25-10)22-17(24)14-8-15(20-11(2)19-14)21-13-5-3-12(9-18)4-6-13/h3-8H,1-2H3,(H,19,20,21)(H,22,23,24). The molecule has 0 saturated heterocycles. The average Bonchev–Trinajstić information content (AvgIpc) is 3.00. The molecule has 0 unspecified atom stereocenters. The molecule has 0 bridgehead atoms. The molecule has 2 aromatic heterocycles. The van der Waals surface area contributed by atoms with Gasteiger partial charge in [0.25, 0.3) is 5.91 Å². The first-order chi connectivity index (χ1) is 12.0. The molecule has 1 aromatic carbocycles. The lowest BCUT2D eigenvalue weighted by molar-refractivity contribution is 0.102. The lowest BCUT2D eigenvalue weighted by Gasteiger charge is -2.08. The first-order valence-electron chi connectivity index (χ1n) is 7.41. The summed E-state index contributed by atoms with van der Waals surface area (Å²) in [7, 11) is 0. The SMILES string of the molecule is Cc1nc(Nc2ccc(C#N)cc2)cc(C(=O)Nc2cc(C)on2)n1. The maximum atomic E-state index is 12.3. The van der Waals surface area contributed by atoms with Gasteiger partial charge in [-0.1, -0.05) is 5.16 Å². The Morgan fingerprint density at radius 3 is 2.52 bits per heavy atom. The molecule has 8 heteroatoms. The summed E-state index contributed by atoms with van der Waals surface area (Å²) in [6.07, 6.45) is 0. The minimum Gasteiger partial charge on any atom is -0.360 e. The van der Waals surface area contributed by atoms with E-state index in [9.17, 15) is 4.79 Å². The van der Waals surface area contributed by atoms with Crippen LogP contribution in [-0.2, 0) is 0 Å². The van der Waals surface area contributed by atoms with Gasteiger partial charge >= 0.3 is 0 Å². The Bertz CT molecular complexity index is 956. The van der Waals surface area contributed by atoms with Gasteiger partial charge in [-0.05, 0) is 38.1 Å². The molecule has 0 aliphatic carbocycles. The Morgan fingerprint density at radius 1 is 1.12 bits per heavy atom. The van der Waals surface area contributed by atoms with Crippen LogP contribution in [-0.4, -0.2) is 21.0 Å². The zero-order valence-electron chi connectivity index (χ0n) is 13.6. The van der Waals surface area contributed by atoms with Crippen molar-refractivity contribution in [2.75, 3.05) is 10.6 Å². The van der Waals surface area contributed by atoms with Crippen LogP contribution in [0.4, 0.5) is 17.3 Å². The molecular weight excluding hydrogens is 320 g/mol. The highest BCUT2D eigenvalue weighted by molar-refractivity contribution is 6.02. The van der Waals surface area contributed by atoms with Crippen molar-refractivity contribution >= 4 is 23.2 Å². The average molecular weight is 334 g/mol. The Kier molecular flexibility index (Phi) is 4.39. The van der Waals surface area contributed by atoms with Gasteiger partial charge in [-0.15, -0.1) is 0 Å². The topological polar surface area (TPSA) is 117 Å². The van der Waals surface area contributed by atoms with Crippen LogP contribution in [0, 0.1) is 25.2 Å². The molecule has 0 aliphatic heterocycles. The van der Waals surface area contributed by atoms with Crippen molar-refractivity contribution in [3.8, 4) is 6.07 Å². The normalized spacial score (nSPS) is 10.1. The quantitative estimate of drug-likeness (QED) is 0.753. The van der Waals surface area contributed by atoms with Crippen molar-refractivity contribution in [2.24, 2.45) is 0 Å². The van der Waals surface area contributed by atoms with Crippen LogP contribution in [0.5, 0.6) is 0 Å². The van der Waals surface area contributed by atoms with E-state index in [1.807, 2.05) is 0 Å². The molecule has 124 valence electrons. The van der Waals surface area contributed by atoms with E-state index in [0.717, 1.165) is 5.69 Å². The number of aryl methyl sites for hydroxylation is 2. The molecule has 25 heavy (non-hydrogen) atoms. The fourth-order valence-corrected chi connectivity index (χ4v) is 2.13. The lowest BCUT2D eigenvalue weighted by atomic mass is 10.2. The van der Waals surface area contributed by atoms with E-state index in [4.69, 9.17) is 9.78 Å². The molecule has 0 atom stereocenters. The van der Waals surface area contributed by atoms with Gasteiger partial charge in [0.1, 0.15) is 23.1 Å². The molecule has 2 N–H and O–H groups in total. The monoisotopic (exact) mass is 334 g/mol. The molecule has 0 saturated carbocycles. The number of carbonyl (C=O) groups is 1. The number of nitriles is 1. The predicted molar refractivity (Wildman–Crippen MR) is 90.4 cm³/mol. The van der Waals surface area contributed by atoms with Gasteiger partial charge in [0, 0.05) is 17.8 Å². The molecule has 3 rings (SSSR count). The number of anilines is 3. The number of rotatable bonds is 4. The van der Waals surface area contributed by atoms with Gasteiger partial charge in [0.05, 0.1) is 11.6 Å². The molecule has 2 heterocycles. The van der Waals surface area contributed by atoms with Crippen molar-refractivity contribution in [1.29, 1.82) is 5.26 Å². The zero-order valence-corrected chi connectivity index (χ0v) is 13.6. The minimum absolute atomic E-state index is 0.198. The molecule has 3 aromatic rings. The Labute approximate surface area is 143 Å². The van der Waals surface area contributed by atoms with Crippen molar-refractivity contribution in [3.05, 3.63) is 59.2 Å². The van der Waals surface area contributed by atoms with Gasteiger partial charge in [-0.25, -0.2) is 9.97 Å². The molecule has 0 aliphatic rings. The minimum atomic E-state index is -0.415. The summed E-state index contributed by atoms with van der Waals surface area (Å²) in [6, 6.07) is 12.1. The van der Waals surface area contributed by atoms with Crippen LogP contribution in [0.3, 0.4) is 0 Å². The van der Waals surface area contributed by atoms with Gasteiger partial charge < -0.3 is 15.2 Å². The molecule has 0 fully saturated rings. The third kappa shape index (κ3) is 3.97. The summed E-state index contributed by atoms with van der Waals surface area (Å²) >= 11 is 0. The second-order valence-corrected chi connectivity index (χ2v) is 5.28. The highest BCUT2D eigenvalue weighted by Crippen LogP contribution is 2.17. The number of nitrogens with zero attached hydrogens (tertiary/aromatic N) is 4. The summed E-state index contributed by atoms with van der Waals surface area (Å²) in [5.74, 6) is 1.42. The van der Waals surface area contributed by atoms with Crippen LogP contribution >= 0.6 is 0 Å². The molecule has 0 radical (unpaired) electrons. The smallest absolute Gasteiger partial charge is 0.275 e. The van der Waals surface area contributed by atoms with E-state index < -0.39 is 5.91 Å². The highest BCUT2D eigenvalue weighted by Gasteiger charge is 2.13. The van der Waals surface area contributed by atoms with Gasteiger partial charge in [-0.3, -0.25) is 4.79 Å². The number of amides is 1. The van der Waals surface area contributed by atoms with E-state index in [-0.39, 0.29) is 5.69 Å². The van der Waals surface area contributed by atoms with Gasteiger partial charge in [0.15, 0.2) is 5.82 Å². The molecule has 0 spiro atoms. The number of benzene rings is 1. The summed E-state index contributed by atoms with van der Waals surface area (Å²) in [4.78, 5) is 20.7. The van der Waals surface area contributed by atoms with Crippen LogP contribution in [0.1, 0.15) is 27.6 Å². The van der Waals surface area contributed by atoms with E-state index >= 15 is 0 Å². The fourth-order valence-electron chi connectivity index (χ4n) is 2.13. The van der Waals surface area contributed by atoms with Crippen LogP contribution in [0.2, 0.25) is 0 Å². The van der Waals surface area contributed by atoms with Crippen molar-refractivity contribution in [2.45, 2.75) is 13.8 Å². The Hall–Kier alpha value is -3.73. The second kappa shape index (κ2) is 6.80. The third-order valence-corrected chi connectivity index (χ3v) is 3.23.